The van der Waals surface area contributed by atoms with E-state index in [9.17, 15) is 4.79 Å². The van der Waals surface area contributed by atoms with E-state index in [0.29, 0.717) is 34.7 Å². The molecule has 2 saturated heterocycles. The Bertz CT molecular complexity index is 922. The molecule has 2 aromatic heterocycles. The molecule has 0 spiro atoms. The lowest BCUT2D eigenvalue weighted by Crippen LogP contribution is -2.43. The standard InChI is InChI=1S/C23H30ClN5O3/c1-31-18-6-16(10-25-11-18)22(30)8-17-7-19(20(24)12-27-17)21-13-26-14-23(29-21)28-9-15-2-4-32-5-3-15/h7,12-16,18,25H,2-6,8-11H2,1H3,(H,28,29)/t16-,18+/m0/s1. The van der Waals surface area contributed by atoms with Gasteiger partial charge in [0, 0.05) is 69.8 Å². The maximum absolute atomic E-state index is 12.8. The molecule has 9 heteroatoms. The van der Waals surface area contributed by atoms with E-state index in [-0.39, 0.29) is 24.2 Å². The van der Waals surface area contributed by atoms with Crippen molar-refractivity contribution in [1.29, 1.82) is 0 Å². The van der Waals surface area contributed by atoms with Gasteiger partial charge in [-0.3, -0.25) is 14.8 Å². The fraction of sp³-hybridized carbons (Fsp3) is 0.565. The average Bonchev–Trinajstić information content (AvgIpc) is 2.84. The van der Waals surface area contributed by atoms with Crippen LogP contribution < -0.4 is 10.6 Å². The molecule has 0 saturated carbocycles. The molecule has 0 radical (unpaired) electrons. The van der Waals surface area contributed by atoms with Crippen LogP contribution in [0.5, 0.6) is 0 Å². The summed E-state index contributed by atoms with van der Waals surface area (Å²) in [7, 11) is 1.68. The van der Waals surface area contributed by atoms with Crippen molar-refractivity contribution >= 4 is 23.2 Å². The van der Waals surface area contributed by atoms with Crippen LogP contribution in [0.15, 0.2) is 24.7 Å². The van der Waals surface area contributed by atoms with Crippen molar-refractivity contribution in [3.05, 3.63) is 35.4 Å². The summed E-state index contributed by atoms with van der Waals surface area (Å²) in [6.45, 7) is 3.92. The third-order valence-electron chi connectivity index (χ3n) is 6.19. The fourth-order valence-corrected chi connectivity index (χ4v) is 4.41. The number of hydrogen-bond donors (Lipinski definition) is 2. The van der Waals surface area contributed by atoms with E-state index in [4.69, 9.17) is 26.1 Å². The Labute approximate surface area is 193 Å². The number of nitrogens with zero attached hydrogens (tertiary/aromatic N) is 3. The molecular formula is C23H30ClN5O3. The van der Waals surface area contributed by atoms with Gasteiger partial charge in [0.2, 0.25) is 0 Å². The second-order valence-electron chi connectivity index (χ2n) is 8.47. The van der Waals surface area contributed by atoms with Crippen LogP contribution in [-0.4, -0.2) is 66.8 Å². The van der Waals surface area contributed by atoms with Crippen molar-refractivity contribution in [2.45, 2.75) is 31.8 Å². The van der Waals surface area contributed by atoms with Crippen LogP contribution in [0.2, 0.25) is 5.02 Å². The van der Waals surface area contributed by atoms with Crippen molar-refractivity contribution in [2.24, 2.45) is 11.8 Å². The van der Waals surface area contributed by atoms with Gasteiger partial charge in [-0.15, -0.1) is 0 Å². The zero-order valence-electron chi connectivity index (χ0n) is 18.3. The van der Waals surface area contributed by atoms with Crippen molar-refractivity contribution in [3.8, 4) is 11.3 Å². The summed E-state index contributed by atoms with van der Waals surface area (Å²) >= 11 is 6.43. The molecule has 2 aromatic rings. The summed E-state index contributed by atoms with van der Waals surface area (Å²) in [5.41, 5.74) is 2.06. The predicted molar refractivity (Wildman–Crippen MR) is 123 cm³/mol. The number of pyridine rings is 1. The lowest BCUT2D eigenvalue weighted by molar-refractivity contribution is -0.124. The van der Waals surface area contributed by atoms with Crippen LogP contribution in [-0.2, 0) is 20.7 Å². The van der Waals surface area contributed by atoms with E-state index in [0.717, 1.165) is 51.1 Å². The van der Waals surface area contributed by atoms with Crippen LogP contribution in [0.4, 0.5) is 5.82 Å². The first-order chi connectivity index (χ1) is 15.6. The average molecular weight is 460 g/mol. The van der Waals surface area contributed by atoms with Crippen molar-refractivity contribution in [1.82, 2.24) is 20.3 Å². The number of anilines is 1. The minimum absolute atomic E-state index is 0.0677. The number of nitrogens with one attached hydrogen (secondary N) is 2. The van der Waals surface area contributed by atoms with Crippen molar-refractivity contribution in [2.75, 3.05) is 45.3 Å². The molecule has 4 rings (SSSR count). The molecule has 0 amide bonds. The molecular weight excluding hydrogens is 430 g/mol. The normalized spacial score (nSPS) is 21.9. The Hall–Kier alpha value is -2.13. The molecule has 32 heavy (non-hydrogen) atoms. The Morgan fingerprint density at radius 3 is 2.94 bits per heavy atom. The van der Waals surface area contributed by atoms with E-state index in [1.807, 2.05) is 6.07 Å². The van der Waals surface area contributed by atoms with Crippen LogP contribution >= 0.6 is 11.6 Å². The number of piperidine rings is 1. The van der Waals surface area contributed by atoms with Crippen molar-refractivity contribution < 1.29 is 14.3 Å². The van der Waals surface area contributed by atoms with Gasteiger partial charge in [-0.25, -0.2) is 4.98 Å². The van der Waals surface area contributed by atoms with Crippen LogP contribution in [0.25, 0.3) is 11.3 Å². The van der Waals surface area contributed by atoms with E-state index < -0.39 is 0 Å². The fourth-order valence-electron chi connectivity index (χ4n) is 4.21. The topological polar surface area (TPSA) is 98.3 Å². The van der Waals surface area contributed by atoms with E-state index >= 15 is 0 Å². The third-order valence-corrected chi connectivity index (χ3v) is 6.49. The second-order valence-corrected chi connectivity index (χ2v) is 8.88. The molecule has 172 valence electrons. The minimum Gasteiger partial charge on any atom is -0.381 e. The molecule has 2 atom stereocenters. The number of methoxy groups -OCH3 is 1. The number of carbonyl (C=O) groups excluding carboxylic acids is 1. The zero-order valence-corrected chi connectivity index (χ0v) is 19.1. The maximum Gasteiger partial charge on any atom is 0.145 e. The van der Waals surface area contributed by atoms with Crippen molar-refractivity contribution in [3.63, 3.8) is 0 Å². The number of ether oxygens (including phenoxy) is 2. The van der Waals surface area contributed by atoms with Crippen LogP contribution in [0.1, 0.15) is 25.0 Å². The van der Waals surface area contributed by atoms with Gasteiger partial charge in [0.15, 0.2) is 0 Å². The quantitative estimate of drug-likeness (QED) is 0.621. The van der Waals surface area contributed by atoms with E-state index in [1.165, 1.54) is 0 Å². The first kappa shape index (κ1) is 23.0. The van der Waals surface area contributed by atoms with Gasteiger partial charge in [-0.05, 0) is 31.2 Å². The van der Waals surface area contributed by atoms with E-state index in [1.54, 1.807) is 25.7 Å². The Balaban J connectivity index is 1.43. The highest BCUT2D eigenvalue weighted by Crippen LogP contribution is 2.28. The molecule has 0 aromatic carbocycles. The number of ketones is 1. The van der Waals surface area contributed by atoms with Gasteiger partial charge in [-0.1, -0.05) is 11.6 Å². The summed E-state index contributed by atoms with van der Waals surface area (Å²) in [5.74, 6) is 1.35. The summed E-state index contributed by atoms with van der Waals surface area (Å²) in [4.78, 5) is 26.2. The number of hydrogen-bond acceptors (Lipinski definition) is 8. The number of halogens is 1. The molecule has 4 heterocycles. The maximum atomic E-state index is 12.8. The number of carbonyl (C=O) groups is 1. The first-order valence-corrected chi connectivity index (χ1v) is 11.5. The Kier molecular flexibility index (Phi) is 8.02. The highest BCUT2D eigenvalue weighted by molar-refractivity contribution is 6.33. The SMILES string of the molecule is CO[C@H]1CNC[C@@H](C(=O)Cc2cc(-c3cncc(NCC4CCOCC4)n3)c(Cl)cn2)C1. The lowest BCUT2D eigenvalue weighted by atomic mass is 9.91. The Morgan fingerprint density at radius 1 is 1.28 bits per heavy atom. The highest BCUT2D eigenvalue weighted by Gasteiger charge is 2.27. The smallest absolute Gasteiger partial charge is 0.145 e. The first-order valence-electron chi connectivity index (χ1n) is 11.2. The molecule has 8 nitrogen and oxygen atoms in total. The van der Waals surface area contributed by atoms with Gasteiger partial charge in [-0.2, -0.15) is 0 Å². The van der Waals surface area contributed by atoms with Gasteiger partial charge in [0.25, 0.3) is 0 Å². The van der Waals surface area contributed by atoms with Gasteiger partial charge < -0.3 is 20.1 Å². The molecule has 2 aliphatic rings. The van der Waals surface area contributed by atoms with Gasteiger partial charge in [0.05, 0.1) is 29.2 Å². The third kappa shape index (κ3) is 6.01. The van der Waals surface area contributed by atoms with E-state index in [2.05, 4.69) is 20.6 Å². The summed E-state index contributed by atoms with van der Waals surface area (Å²) < 4.78 is 10.8. The largest absolute Gasteiger partial charge is 0.381 e. The van der Waals surface area contributed by atoms with Crippen LogP contribution in [0.3, 0.4) is 0 Å². The molecule has 2 fully saturated rings. The van der Waals surface area contributed by atoms with Crippen LogP contribution in [0, 0.1) is 11.8 Å². The molecule has 0 bridgehead atoms. The summed E-state index contributed by atoms with van der Waals surface area (Å²) in [6.07, 6.45) is 8.13. The lowest BCUT2D eigenvalue weighted by Gasteiger charge is -2.28. The summed E-state index contributed by atoms with van der Waals surface area (Å²) in [6, 6.07) is 1.84. The van der Waals surface area contributed by atoms with Gasteiger partial charge in [0.1, 0.15) is 11.6 Å². The molecule has 0 aliphatic carbocycles. The number of Topliss-reactive ketones (excluding diaryl/α,β-unsaturated/α-hetero) is 1. The zero-order chi connectivity index (χ0) is 22.3. The number of rotatable bonds is 8. The van der Waals surface area contributed by atoms with Gasteiger partial charge >= 0.3 is 0 Å². The molecule has 2 aliphatic heterocycles. The minimum atomic E-state index is -0.0767. The summed E-state index contributed by atoms with van der Waals surface area (Å²) in [5, 5.41) is 7.14. The second kappa shape index (κ2) is 11.1. The number of aromatic nitrogens is 3. The Morgan fingerprint density at radius 2 is 2.12 bits per heavy atom. The molecule has 0 unspecified atom stereocenters. The predicted octanol–water partition coefficient (Wildman–Crippen LogP) is 2.77. The molecule has 2 N–H and O–H groups in total. The monoisotopic (exact) mass is 459 g/mol. The highest BCUT2D eigenvalue weighted by atomic mass is 35.5.